The van der Waals surface area contributed by atoms with Gasteiger partial charge in [0.2, 0.25) is 0 Å². The van der Waals surface area contributed by atoms with E-state index in [2.05, 4.69) is 10.6 Å². The van der Waals surface area contributed by atoms with Crippen LogP contribution < -0.4 is 20.1 Å². The highest BCUT2D eigenvalue weighted by Crippen LogP contribution is 2.28. The highest BCUT2D eigenvalue weighted by Gasteiger charge is 2.18. The number of aromatic nitrogens is 2. The predicted molar refractivity (Wildman–Crippen MR) is 186 cm³/mol. The SMILES string of the molecule is CCOc1ccc(-c2cc(C(=O)NC[C@@H](C)NC(=O)c3cc(-c4ccc(OCC)cc4)nc4ccccc34)c3ccccc3n2)cc1. The molecule has 0 saturated heterocycles. The number of benzene rings is 4. The minimum absolute atomic E-state index is 0.231. The summed E-state index contributed by atoms with van der Waals surface area (Å²) in [6.45, 7) is 7.15. The molecule has 6 aromatic rings. The molecule has 1 atom stereocenters. The molecule has 0 unspecified atom stereocenters. The predicted octanol–water partition coefficient (Wildman–Crippen LogP) is 7.46. The molecule has 0 spiro atoms. The van der Waals surface area contributed by atoms with Gasteiger partial charge in [0.05, 0.1) is 46.8 Å². The number of nitrogens with one attached hydrogen (secondary N) is 2. The van der Waals surface area contributed by atoms with Crippen LogP contribution in [-0.2, 0) is 0 Å². The average molecular weight is 625 g/mol. The smallest absolute Gasteiger partial charge is 0.252 e. The maximum Gasteiger partial charge on any atom is 0.252 e. The van der Waals surface area contributed by atoms with Crippen molar-refractivity contribution in [1.29, 1.82) is 0 Å². The van der Waals surface area contributed by atoms with Crippen LogP contribution in [0.4, 0.5) is 0 Å². The zero-order chi connectivity index (χ0) is 32.8. The fourth-order valence-corrected chi connectivity index (χ4v) is 5.49. The third-order valence-electron chi connectivity index (χ3n) is 7.79. The number of nitrogens with zero attached hydrogens (tertiary/aromatic N) is 2. The molecule has 0 fully saturated rings. The van der Waals surface area contributed by atoms with Gasteiger partial charge in [-0.3, -0.25) is 9.59 Å². The van der Waals surface area contributed by atoms with Crippen LogP contribution in [-0.4, -0.2) is 47.6 Å². The van der Waals surface area contributed by atoms with Crippen molar-refractivity contribution in [2.24, 2.45) is 0 Å². The highest BCUT2D eigenvalue weighted by atomic mass is 16.5. The summed E-state index contributed by atoms with van der Waals surface area (Å²) in [6.07, 6.45) is 0. The van der Waals surface area contributed by atoms with Crippen molar-refractivity contribution in [3.63, 3.8) is 0 Å². The lowest BCUT2D eigenvalue weighted by molar-refractivity contribution is 0.0914. The van der Waals surface area contributed by atoms with Crippen molar-refractivity contribution >= 4 is 33.6 Å². The number of ether oxygens (including phenoxy) is 2. The molecule has 0 saturated carbocycles. The van der Waals surface area contributed by atoms with E-state index in [-0.39, 0.29) is 24.4 Å². The molecule has 2 amide bonds. The van der Waals surface area contributed by atoms with E-state index in [1.165, 1.54) is 0 Å². The second kappa shape index (κ2) is 14.1. The highest BCUT2D eigenvalue weighted by molar-refractivity contribution is 6.08. The van der Waals surface area contributed by atoms with Gasteiger partial charge in [-0.1, -0.05) is 36.4 Å². The van der Waals surface area contributed by atoms with E-state index in [0.29, 0.717) is 35.7 Å². The second-order valence-electron chi connectivity index (χ2n) is 11.1. The first-order chi connectivity index (χ1) is 22.9. The quantitative estimate of drug-likeness (QED) is 0.155. The molecule has 2 heterocycles. The normalized spacial score (nSPS) is 11.6. The first kappa shape index (κ1) is 31.2. The maximum absolute atomic E-state index is 13.7. The van der Waals surface area contributed by atoms with Crippen LogP contribution in [0.15, 0.2) is 109 Å². The van der Waals surface area contributed by atoms with Gasteiger partial charge >= 0.3 is 0 Å². The summed E-state index contributed by atoms with van der Waals surface area (Å²) in [4.78, 5) is 36.9. The Hall–Kier alpha value is -5.76. The molecular formula is C39H36N4O4. The molecule has 0 radical (unpaired) electrons. The van der Waals surface area contributed by atoms with Gasteiger partial charge in [0, 0.05) is 34.5 Å². The molecule has 47 heavy (non-hydrogen) atoms. The first-order valence-electron chi connectivity index (χ1n) is 15.8. The van der Waals surface area contributed by atoms with Crippen LogP contribution in [0.25, 0.3) is 44.3 Å². The van der Waals surface area contributed by atoms with E-state index in [4.69, 9.17) is 19.4 Å². The van der Waals surface area contributed by atoms with Crippen molar-refractivity contribution in [3.8, 4) is 34.0 Å². The number of carbonyl (C=O) groups excluding carboxylic acids is 2. The van der Waals surface area contributed by atoms with Crippen molar-refractivity contribution in [3.05, 3.63) is 120 Å². The molecule has 8 nitrogen and oxygen atoms in total. The van der Waals surface area contributed by atoms with Crippen LogP contribution in [0.2, 0.25) is 0 Å². The Bertz CT molecular complexity index is 2040. The van der Waals surface area contributed by atoms with Gasteiger partial charge in [-0.25, -0.2) is 9.97 Å². The fraction of sp³-hybridized carbons (Fsp3) is 0.179. The van der Waals surface area contributed by atoms with E-state index in [1.807, 2.05) is 130 Å². The number of rotatable bonds is 11. The zero-order valence-electron chi connectivity index (χ0n) is 26.6. The molecule has 0 bridgehead atoms. The molecular weight excluding hydrogens is 588 g/mol. The third-order valence-corrected chi connectivity index (χ3v) is 7.79. The summed E-state index contributed by atoms with van der Waals surface area (Å²) < 4.78 is 11.2. The van der Waals surface area contributed by atoms with E-state index < -0.39 is 0 Å². The summed E-state index contributed by atoms with van der Waals surface area (Å²) in [5, 5.41) is 7.58. The molecule has 0 aliphatic rings. The fourth-order valence-electron chi connectivity index (χ4n) is 5.49. The molecule has 2 aromatic heterocycles. The monoisotopic (exact) mass is 624 g/mol. The zero-order valence-corrected chi connectivity index (χ0v) is 26.6. The van der Waals surface area contributed by atoms with Crippen LogP contribution in [0.1, 0.15) is 41.5 Å². The Balaban J connectivity index is 1.19. The van der Waals surface area contributed by atoms with Crippen molar-refractivity contribution in [1.82, 2.24) is 20.6 Å². The largest absolute Gasteiger partial charge is 0.494 e. The number of pyridine rings is 2. The molecule has 236 valence electrons. The van der Waals surface area contributed by atoms with Crippen molar-refractivity contribution < 1.29 is 19.1 Å². The lowest BCUT2D eigenvalue weighted by atomic mass is 10.0. The summed E-state index contributed by atoms with van der Waals surface area (Å²) >= 11 is 0. The van der Waals surface area contributed by atoms with Crippen molar-refractivity contribution in [2.75, 3.05) is 19.8 Å². The standard InChI is InChI=1S/C39H36N4O4/c1-4-46-28-18-14-26(15-19-28)36-22-32(30-10-6-8-12-34(30)42-36)38(44)40-24-25(3)41-39(45)33-23-37(43-35-13-9-7-11-31(33)35)27-16-20-29(21-17-27)47-5-2/h6-23,25H,4-5,24H2,1-3H3,(H,40,44)(H,41,45)/t25-/m1/s1. The van der Waals surface area contributed by atoms with E-state index in [0.717, 1.165) is 44.4 Å². The Kier molecular flexibility index (Phi) is 9.38. The topological polar surface area (TPSA) is 102 Å². The van der Waals surface area contributed by atoms with Gasteiger partial charge in [-0.05, 0) is 93.6 Å². The number of hydrogen-bond acceptors (Lipinski definition) is 6. The van der Waals surface area contributed by atoms with Crippen LogP contribution in [0.5, 0.6) is 11.5 Å². The Labute approximate surface area is 273 Å². The number of hydrogen-bond donors (Lipinski definition) is 2. The molecule has 4 aromatic carbocycles. The molecule has 6 rings (SSSR count). The minimum atomic E-state index is -0.356. The van der Waals surface area contributed by atoms with Gasteiger partial charge in [-0.15, -0.1) is 0 Å². The van der Waals surface area contributed by atoms with Crippen LogP contribution in [0, 0.1) is 0 Å². The summed E-state index contributed by atoms with van der Waals surface area (Å²) in [7, 11) is 0. The van der Waals surface area contributed by atoms with Gasteiger partial charge in [0.25, 0.3) is 11.8 Å². The minimum Gasteiger partial charge on any atom is -0.494 e. The summed E-state index contributed by atoms with van der Waals surface area (Å²) in [6, 6.07) is 33.8. The van der Waals surface area contributed by atoms with Crippen LogP contribution in [0.3, 0.4) is 0 Å². The number of amides is 2. The van der Waals surface area contributed by atoms with E-state index in [9.17, 15) is 9.59 Å². The second-order valence-corrected chi connectivity index (χ2v) is 11.1. The Morgan fingerprint density at radius 2 is 1.09 bits per heavy atom. The summed E-state index contributed by atoms with van der Waals surface area (Å²) in [5.74, 6) is 1.06. The average Bonchev–Trinajstić information content (AvgIpc) is 3.10. The maximum atomic E-state index is 13.7. The molecule has 0 aliphatic carbocycles. The summed E-state index contributed by atoms with van der Waals surface area (Å²) in [5.41, 5.74) is 5.59. The molecule has 8 heteroatoms. The van der Waals surface area contributed by atoms with E-state index in [1.54, 1.807) is 0 Å². The number of para-hydroxylation sites is 2. The van der Waals surface area contributed by atoms with Gasteiger partial charge in [0.1, 0.15) is 11.5 Å². The number of carbonyl (C=O) groups is 2. The first-order valence-corrected chi connectivity index (χ1v) is 15.8. The van der Waals surface area contributed by atoms with Crippen LogP contribution >= 0.6 is 0 Å². The lowest BCUT2D eigenvalue weighted by Gasteiger charge is -2.17. The Morgan fingerprint density at radius 3 is 1.55 bits per heavy atom. The van der Waals surface area contributed by atoms with Crippen molar-refractivity contribution in [2.45, 2.75) is 26.8 Å². The van der Waals surface area contributed by atoms with E-state index >= 15 is 0 Å². The molecule has 0 aliphatic heterocycles. The van der Waals surface area contributed by atoms with Gasteiger partial charge < -0.3 is 20.1 Å². The van der Waals surface area contributed by atoms with Gasteiger partial charge in [0.15, 0.2) is 0 Å². The molecule has 2 N–H and O–H groups in total. The number of fused-ring (bicyclic) bond motifs is 2. The third kappa shape index (κ3) is 7.07. The lowest BCUT2D eigenvalue weighted by Crippen LogP contribution is -2.42. The Morgan fingerprint density at radius 1 is 0.638 bits per heavy atom. The van der Waals surface area contributed by atoms with Gasteiger partial charge in [-0.2, -0.15) is 0 Å².